The van der Waals surface area contributed by atoms with Gasteiger partial charge in [0.15, 0.2) is 11.6 Å². The third-order valence-electron chi connectivity index (χ3n) is 2.18. The zero-order chi connectivity index (χ0) is 13.7. The molecule has 0 aliphatic rings. The minimum absolute atomic E-state index is 0.142. The fourth-order valence-corrected chi connectivity index (χ4v) is 1.86. The van der Waals surface area contributed by atoms with Crippen molar-refractivity contribution >= 4 is 21.9 Å². The zero-order valence-electron chi connectivity index (χ0n) is 9.38. The van der Waals surface area contributed by atoms with Crippen molar-refractivity contribution in [3.63, 3.8) is 0 Å². The number of methoxy groups -OCH3 is 1. The molecule has 0 aliphatic heterocycles. The highest BCUT2D eigenvalue weighted by Crippen LogP contribution is 2.26. The molecule has 0 heterocycles. The van der Waals surface area contributed by atoms with E-state index in [1.165, 1.54) is 7.11 Å². The first-order valence-electron chi connectivity index (χ1n) is 4.86. The van der Waals surface area contributed by atoms with Crippen molar-refractivity contribution in [2.24, 2.45) is 0 Å². The maximum atomic E-state index is 13.4. The van der Waals surface area contributed by atoms with Crippen molar-refractivity contribution in [1.82, 2.24) is 0 Å². The largest absolute Gasteiger partial charge is 0.469 e. The third-order valence-corrected chi connectivity index (χ3v) is 2.78. The van der Waals surface area contributed by atoms with Gasteiger partial charge in [-0.25, -0.2) is 4.39 Å². The van der Waals surface area contributed by atoms with Crippen LogP contribution in [0.15, 0.2) is 12.1 Å². The summed E-state index contributed by atoms with van der Waals surface area (Å²) in [6, 6.07) is 2.12. The summed E-state index contributed by atoms with van der Waals surface area (Å²) in [6.45, 7) is -3.12. The van der Waals surface area contributed by atoms with Gasteiger partial charge in [0.05, 0.1) is 13.5 Å². The normalized spacial score (nSPS) is 10.6. The van der Waals surface area contributed by atoms with Crippen molar-refractivity contribution in [1.29, 1.82) is 0 Å². The van der Waals surface area contributed by atoms with Crippen LogP contribution in [0.2, 0.25) is 0 Å². The van der Waals surface area contributed by atoms with E-state index >= 15 is 0 Å². The number of esters is 1. The second-order valence-electron chi connectivity index (χ2n) is 3.32. The van der Waals surface area contributed by atoms with Crippen LogP contribution < -0.4 is 4.74 Å². The number of carbonyl (C=O) groups excluding carboxylic acids is 1. The smallest absolute Gasteiger partial charge is 0.387 e. The minimum Gasteiger partial charge on any atom is -0.469 e. The molecule has 3 nitrogen and oxygen atoms in total. The lowest BCUT2D eigenvalue weighted by atomic mass is 10.1. The summed E-state index contributed by atoms with van der Waals surface area (Å²) in [7, 11) is 1.20. The Labute approximate surface area is 110 Å². The van der Waals surface area contributed by atoms with Crippen molar-refractivity contribution in [3.05, 3.63) is 29.1 Å². The van der Waals surface area contributed by atoms with Gasteiger partial charge in [0.1, 0.15) is 0 Å². The quantitative estimate of drug-likeness (QED) is 0.616. The number of alkyl halides is 3. The van der Waals surface area contributed by atoms with Crippen molar-refractivity contribution in [2.75, 3.05) is 7.11 Å². The Morgan fingerprint density at radius 3 is 2.56 bits per heavy atom. The molecule has 0 fully saturated rings. The highest BCUT2D eigenvalue weighted by Gasteiger charge is 2.16. The van der Waals surface area contributed by atoms with E-state index in [1.807, 2.05) is 0 Å². The van der Waals surface area contributed by atoms with Crippen LogP contribution in [-0.4, -0.2) is 19.7 Å². The van der Waals surface area contributed by atoms with E-state index in [-0.39, 0.29) is 11.8 Å². The van der Waals surface area contributed by atoms with Gasteiger partial charge in [0.25, 0.3) is 0 Å². The molecular formula is C11H10BrF3O3. The van der Waals surface area contributed by atoms with E-state index in [9.17, 15) is 18.0 Å². The lowest BCUT2D eigenvalue weighted by molar-refractivity contribution is -0.139. The fourth-order valence-electron chi connectivity index (χ4n) is 1.34. The van der Waals surface area contributed by atoms with Gasteiger partial charge in [-0.1, -0.05) is 15.9 Å². The van der Waals surface area contributed by atoms with Gasteiger partial charge >= 0.3 is 12.6 Å². The molecular weight excluding hydrogens is 317 g/mol. The van der Waals surface area contributed by atoms with Gasteiger partial charge in [-0.2, -0.15) is 8.78 Å². The molecule has 0 aromatic heterocycles. The molecule has 0 unspecified atom stereocenters. The Hall–Kier alpha value is -1.24. The number of rotatable bonds is 5. The van der Waals surface area contributed by atoms with Gasteiger partial charge in [-0.3, -0.25) is 4.79 Å². The van der Waals surface area contributed by atoms with Crippen LogP contribution in [-0.2, 0) is 21.3 Å². The van der Waals surface area contributed by atoms with Crippen molar-refractivity contribution in [3.8, 4) is 5.75 Å². The summed E-state index contributed by atoms with van der Waals surface area (Å²) in [5.41, 5.74) is 0.843. The molecule has 100 valence electrons. The van der Waals surface area contributed by atoms with Gasteiger partial charge in [-0.05, 0) is 23.3 Å². The molecule has 0 saturated carbocycles. The molecule has 0 amide bonds. The first-order chi connectivity index (χ1) is 8.47. The first kappa shape index (κ1) is 14.8. The standard InChI is InChI=1S/C11H10BrF3O3/c1-17-10(16)4-6-3-9(18-11(14)15)8(13)2-7(6)5-12/h2-3,11H,4-5H2,1H3. The predicted molar refractivity (Wildman–Crippen MR) is 61.4 cm³/mol. The summed E-state index contributed by atoms with van der Waals surface area (Å²) in [5, 5.41) is 0.283. The molecule has 0 saturated heterocycles. The molecule has 0 atom stereocenters. The van der Waals surface area contributed by atoms with Crippen LogP contribution in [0.3, 0.4) is 0 Å². The molecule has 0 N–H and O–H groups in total. The third kappa shape index (κ3) is 3.90. The lowest BCUT2D eigenvalue weighted by Crippen LogP contribution is -2.09. The Balaban J connectivity index is 3.09. The van der Waals surface area contributed by atoms with E-state index in [2.05, 4.69) is 25.4 Å². The number of carbonyl (C=O) groups is 1. The molecule has 18 heavy (non-hydrogen) atoms. The van der Waals surface area contributed by atoms with Gasteiger partial charge in [0, 0.05) is 5.33 Å². The summed E-state index contributed by atoms with van der Waals surface area (Å²) < 4.78 is 46.0. The highest BCUT2D eigenvalue weighted by atomic mass is 79.9. The topological polar surface area (TPSA) is 35.5 Å². The summed E-state index contributed by atoms with van der Waals surface area (Å²) >= 11 is 3.12. The van der Waals surface area contributed by atoms with E-state index in [0.717, 1.165) is 12.1 Å². The highest BCUT2D eigenvalue weighted by molar-refractivity contribution is 9.08. The predicted octanol–water partition coefficient (Wildman–Crippen LogP) is 3.04. The Morgan fingerprint density at radius 2 is 2.06 bits per heavy atom. The van der Waals surface area contributed by atoms with E-state index in [4.69, 9.17) is 0 Å². The van der Waals surface area contributed by atoms with Crippen LogP contribution >= 0.6 is 15.9 Å². The zero-order valence-corrected chi connectivity index (χ0v) is 11.0. The Bertz CT molecular complexity index is 438. The molecule has 0 bridgehead atoms. The van der Waals surface area contributed by atoms with Gasteiger partial charge in [-0.15, -0.1) is 0 Å². The number of hydrogen-bond donors (Lipinski definition) is 0. The van der Waals surface area contributed by atoms with Crippen LogP contribution in [0.4, 0.5) is 13.2 Å². The molecule has 1 rings (SSSR count). The number of benzene rings is 1. The number of ether oxygens (including phenoxy) is 2. The van der Waals surface area contributed by atoms with Crippen molar-refractivity contribution < 1.29 is 27.4 Å². The molecule has 0 spiro atoms. The summed E-state index contributed by atoms with van der Waals surface area (Å²) in [5.74, 6) is -2.04. The van der Waals surface area contributed by atoms with E-state index in [1.54, 1.807) is 0 Å². The molecule has 0 aliphatic carbocycles. The fraction of sp³-hybridized carbons (Fsp3) is 0.364. The van der Waals surface area contributed by atoms with Crippen molar-refractivity contribution in [2.45, 2.75) is 18.4 Å². The minimum atomic E-state index is -3.12. The second kappa shape index (κ2) is 6.63. The molecule has 0 radical (unpaired) electrons. The second-order valence-corrected chi connectivity index (χ2v) is 3.88. The SMILES string of the molecule is COC(=O)Cc1cc(OC(F)F)c(F)cc1CBr. The van der Waals surface area contributed by atoms with Gasteiger partial charge in [0.2, 0.25) is 0 Å². The molecule has 1 aromatic carbocycles. The maximum Gasteiger partial charge on any atom is 0.387 e. The summed E-state index contributed by atoms with van der Waals surface area (Å²) in [6.07, 6.45) is -0.142. The molecule has 1 aromatic rings. The van der Waals surface area contributed by atoms with E-state index in [0.29, 0.717) is 11.1 Å². The first-order valence-corrected chi connectivity index (χ1v) is 5.99. The van der Waals surface area contributed by atoms with Crippen LogP contribution in [0, 0.1) is 5.82 Å². The Morgan fingerprint density at radius 1 is 1.39 bits per heavy atom. The average Bonchev–Trinajstić information content (AvgIpc) is 2.32. The average molecular weight is 327 g/mol. The van der Waals surface area contributed by atoms with Crippen LogP contribution in [0.1, 0.15) is 11.1 Å². The monoisotopic (exact) mass is 326 g/mol. The van der Waals surface area contributed by atoms with Gasteiger partial charge < -0.3 is 9.47 Å². The van der Waals surface area contributed by atoms with Crippen LogP contribution in [0.5, 0.6) is 5.75 Å². The maximum absolute atomic E-state index is 13.4. The van der Waals surface area contributed by atoms with Crippen LogP contribution in [0.25, 0.3) is 0 Å². The Kier molecular flexibility index (Phi) is 5.46. The molecule has 7 heteroatoms. The number of halogens is 4. The summed E-state index contributed by atoms with van der Waals surface area (Å²) in [4.78, 5) is 11.1. The van der Waals surface area contributed by atoms with E-state index < -0.39 is 24.1 Å². The number of hydrogen-bond acceptors (Lipinski definition) is 3. The lowest BCUT2D eigenvalue weighted by Gasteiger charge is -2.11.